The fourth-order valence-electron chi connectivity index (χ4n) is 2.82. The van der Waals surface area contributed by atoms with Gasteiger partial charge in [0.25, 0.3) is 0 Å². The summed E-state index contributed by atoms with van der Waals surface area (Å²) in [5, 5.41) is 11.3. The van der Waals surface area contributed by atoms with Crippen molar-refractivity contribution in [3.8, 4) is 11.5 Å². The molecule has 0 spiro atoms. The minimum atomic E-state index is -3.56. The zero-order valence-corrected chi connectivity index (χ0v) is 19.8. The maximum absolute atomic E-state index is 12.7. The Balaban J connectivity index is 1.65. The maximum Gasteiger partial charge on any atom is 0.234 e. The summed E-state index contributed by atoms with van der Waals surface area (Å²) in [4.78, 5) is 12.7. The molecule has 2 aromatic carbocycles. The third-order valence-electron chi connectivity index (χ3n) is 4.64. The average Bonchev–Trinajstić information content (AvgIpc) is 3.11. The minimum absolute atomic E-state index is 0.0526. The molecule has 0 atom stereocenters. The number of methoxy groups -OCH3 is 2. The lowest BCUT2D eigenvalue weighted by Crippen LogP contribution is -2.15. The van der Waals surface area contributed by atoms with Crippen LogP contribution in [-0.4, -0.2) is 49.1 Å². The number of aryl methyl sites for hydroxylation is 1. The highest BCUT2D eigenvalue weighted by Gasteiger charge is 2.21. The molecule has 0 fully saturated rings. The molecule has 1 N–H and O–H groups in total. The summed E-state index contributed by atoms with van der Waals surface area (Å²) in [5.41, 5.74) is 1.46. The quantitative estimate of drug-likeness (QED) is 0.469. The Hall–Kier alpha value is -3.05. The second-order valence-corrected chi connectivity index (χ2v) is 9.87. The minimum Gasteiger partial charge on any atom is -0.497 e. The molecule has 0 radical (unpaired) electrons. The lowest BCUT2D eigenvalue weighted by atomic mass is 10.2. The van der Waals surface area contributed by atoms with Crippen LogP contribution in [0, 0.1) is 6.92 Å². The molecule has 0 bridgehead atoms. The number of rotatable bonds is 9. The Morgan fingerprint density at radius 3 is 2.47 bits per heavy atom. The predicted octanol–water partition coefficient (Wildman–Crippen LogP) is 2.85. The standard InChI is InChI=1S/C21H24N4O5S2/c1-14-5-8-16(9-6-14)32(27,28)13-19-23-24-21(25(19)2)31-12-20(26)22-17-11-15(29-3)7-10-18(17)30-4/h5-11H,12-13H2,1-4H3,(H,22,26). The first-order valence-electron chi connectivity index (χ1n) is 9.56. The molecule has 1 heterocycles. The number of sulfone groups is 1. The van der Waals surface area contributed by atoms with Gasteiger partial charge in [-0.3, -0.25) is 4.79 Å². The van der Waals surface area contributed by atoms with E-state index in [9.17, 15) is 13.2 Å². The third-order valence-corrected chi connectivity index (χ3v) is 7.29. The van der Waals surface area contributed by atoms with E-state index in [1.54, 1.807) is 54.1 Å². The van der Waals surface area contributed by atoms with Crippen molar-refractivity contribution < 1.29 is 22.7 Å². The molecule has 0 aliphatic carbocycles. The van der Waals surface area contributed by atoms with Gasteiger partial charge in [-0.2, -0.15) is 0 Å². The number of nitrogens with one attached hydrogen (secondary N) is 1. The molecule has 3 rings (SSSR count). The summed E-state index contributed by atoms with van der Waals surface area (Å²) in [7, 11) is 1.16. The molecular weight excluding hydrogens is 452 g/mol. The van der Waals surface area contributed by atoms with Crippen LogP contribution in [0.5, 0.6) is 11.5 Å². The Bertz CT molecular complexity index is 1210. The lowest BCUT2D eigenvalue weighted by molar-refractivity contribution is -0.113. The maximum atomic E-state index is 12.7. The summed E-state index contributed by atoms with van der Waals surface area (Å²) in [6.07, 6.45) is 0. The molecule has 0 aliphatic rings. The number of carbonyl (C=O) groups excluding carboxylic acids is 1. The number of ether oxygens (including phenoxy) is 2. The number of nitrogens with zero attached hydrogens (tertiary/aromatic N) is 3. The summed E-state index contributed by atoms with van der Waals surface area (Å²) >= 11 is 1.15. The number of hydrogen-bond acceptors (Lipinski definition) is 8. The largest absolute Gasteiger partial charge is 0.497 e. The van der Waals surface area contributed by atoms with E-state index >= 15 is 0 Å². The number of anilines is 1. The van der Waals surface area contributed by atoms with Crippen molar-refractivity contribution in [3.63, 3.8) is 0 Å². The van der Waals surface area contributed by atoms with Crippen molar-refractivity contribution in [2.45, 2.75) is 22.7 Å². The Morgan fingerprint density at radius 1 is 1.09 bits per heavy atom. The van der Waals surface area contributed by atoms with E-state index in [2.05, 4.69) is 15.5 Å². The van der Waals surface area contributed by atoms with Gasteiger partial charge in [-0.1, -0.05) is 29.5 Å². The van der Waals surface area contributed by atoms with Crippen molar-refractivity contribution >= 4 is 33.2 Å². The molecule has 0 saturated heterocycles. The number of thioether (sulfide) groups is 1. The van der Waals surface area contributed by atoms with E-state index in [0.29, 0.717) is 28.2 Å². The number of aromatic nitrogens is 3. The van der Waals surface area contributed by atoms with Gasteiger partial charge >= 0.3 is 0 Å². The first kappa shape index (κ1) is 23.6. The van der Waals surface area contributed by atoms with E-state index in [1.807, 2.05) is 6.92 Å². The number of hydrogen-bond donors (Lipinski definition) is 1. The van der Waals surface area contributed by atoms with Gasteiger partial charge in [0, 0.05) is 13.1 Å². The van der Waals surface area contributed by atoms with Gasteiger partial charge < -0.3 is 19.4 Å². The molecule has 0 aliphatic heterocycles. The molecule has 0 unspecified atom stereocenters. The molecule has 32 heavy (non-hydrogen) atoms. The number of benzene rings is 2. The smallest absolute Gasteiger partial charge is 0.234 e. The van der Waals surface area contributed by atoms with Gasteiger partial charge in [0.15, 0.2) is 15.0 Å². The van der Waals surface area contributed by atoms with Crippen LogP contribution >= 0.6 is 11.8 Å². The first-order chi connectivity index (χ1) is 15.2. The highest BCUT2D eigenvalue weighted by atomic mass is 32.2. The Labute approximate surface area is 191 Å². The van der Waals surface area contributed by atoms with E-state index in [1.165, 1.54) is 14.2 Å². The molecular formula is C21H24N4O5S2. The van der Waals surface area contributed by atoms with E-state index < -0.39 is 9.84 Å². The Kier molecular flexibility index (Phi) is 7.41. The molecule has 1 amide bonds. The van der Waals surface area contributed by atoms with Gasteiger partial charge in [0.1, 0.15) is 23.1 Å². The molecule has 170 valence electrons. The van der Waals surface area contributed by atoms with Gasteiger partial charge in [-0.25, -0.2) is 8.42 Å². The topological polar surface area (TPSA) is 112 Å². The second kappa shape index (κ2) is 10.0. The predicted molar refractivity (Wildman–Crippen MR) is 122 cm³/mol. The van der Waals surface area contributed by atoms with Crippen molar-refractivity contribution in [3.05, 3.63) is 53.9 Å². The van der Waals surface area contributed by atoms with Crippen LogP contribution in [0.4, 0.5) is 5.69 Å². The lowest BCUT2D eigenvalue weighted by Gasteiger charge is -2.11. The number of amides is 1. The molecule has 1 aromatic heterocycles. The normalized spacial score (nSPS) is 11.2. The van der Waals surface area contributed by atoms with Crippen molar-refractivity contribution in [2.24, 2.45) is 7.05 Å². The second-order valence-electron chi connectivity index (χ2n) is 6.93. The molecule has 3 aromatic rings. The highest BCUT2D eigenvalue weighted by Crippen LogP contribution is 2.29. The molecule has 9 nitrogen and oxygen atoms in total. The fraction of sp³-hybridized carbons (Fsp3) is 0.286. The van der Waals surface area contributed by atoms with Gasteiger partial charge in [-0.15, -0.1) is 10.2 Å². The summed E-state index contributed by atoms with van der Waals surface area (Å²) < 4.78 is 37.4. The van der Waals surface area contributed by atoms with Crippen LogP contribution in [0.15, 0.2) is 52.5 Å². The fourth-order valence-corrected chi connectivity index (χ4v) is 4.86. The van der Waals surface area contributed by atoms with Crippen molar-refractivity contribution in [2.75, 3.05) is 25.3 Å². The zero-order valence-electron chi connectivity index (χ0n) is 18.2. The molecule has 11 heteroatoms. The Morgan fingerprint density at radius 2 is 1.81 bits per heavy atom. The zero-order chi connectivity index (χ0) is 23.3. The summed E-state index contributed by atoms with van der Waals surface area (Å²) in [5.74, 6) is 0.874. The number of carbonyl (C=O) groups is 1. The first-order valence-corrected chi connectivity index (χ1v) is 12.2. The molecule has 0 saturated carbocycles. The van der Waals surface area contributed by atoms with Gasteiger partial charge in [-0.05, 0) is 31.2 Å². The highest BCUT2D eigenvalue weighted by molar-refractivity contribution is 7.99. The van der Waals surface area contributed by atoms with Gasteiger partial charge in [0.2, 0.25) is 5.91 Å². The van der Waals surface area contributed by atoms with Crippen LogP contribution in [0.3, 0.4) is 0 Å². The van der Waals surface area contributed by atoms with Gasteiger partial charge in [0.05, 0.1) is 30.6 Å². The SMILES string of the molecule is COc1ccc(OC)c(NC(=O)CSc2nnc(CS(=O)(=O)c3ccc(C)cc3)n2C)c1. The van der Waals surface area contributed by atoms with E-state index in [4.69, 9.17) is 9.47 Å². The third kappa shape index (κ3) is 5.60. The summed E-state index contributed by atoms with van der Waals surface area (Å²) in [6, 6.07) is 11.8. The van der Waals surface area contributed by atoms with Crippen molar-refractivity contribution in [1.29, 1.82) is 0 Å². The van der Waals surface area contributed by atoms with E-state index in [0.717, 1.165) is 17.3 Å². The van der Waals surface area contributed by atoms with Crippen LogP contribution in [-0.2, 0) is 27.4 Å². The van der Waals surface area contributed by atoms with Crippen molar-refractivity contribution in [1.82, 2.24) is 14.8 Å². The van der Waals surface area contributed by atoms with Crippen LogP contribution in [0.2, 0.25) is 0 Å². The van der Waals surface area contributed by atoms with E-state index in [-0.39, 0.29) is 22.3 Å². The van der Waals surface area contributed by atoms with Crippen LogP contribution in [0.25, 0.3) is 0 Å². The monoisotopic (exact) mass is 476 g/mol. The average molecular weight is 477 g/mol. The van der Waals surface area contributed by atoms with Crippen LogP contribution in [0.1, 0.15) is 11.4 Å². The van der Waals surface area contributed by atoms with Crippen LogP contribution < -0.4 is 14.8 Å². The summed E-state index contributed by atoms with van der Waals surface area (Å²) in [6.45, 7) is 1.89.